The molecule has 2 aromatic carbocycles. The number of halogens is 3. The monoisotopic (exact) mass is 547 g/mol. The number of carbonyl (C=O) groups excluding carboxylic acids is 1. The molecule has 1 amide bonds. The Bertz CT molecular complexity index is 1220. The van der Waals surface area contributed by atoms with Gasteiger partial charge in [-0.3, -0.25) is 14.8 Å². The molecule has 0 bridgehead atoms. The number of aromatic nitrogens is 2. The van der Waals surface area contributed by atoms with Crippen LogP contribution in [0.3, 0.4) is 0 Å². The maximum absolute atomic E-state index is 13.3. The lowest BCUT2D eigenvalue weighted by Gasteiger charge is -2.26. The number of benzene rings is 2. The van der Waals surface area contributed by atoms with Gasteiger partial charge in [0.2, 0.25) is 0 Å². The van der Waals surface area contributed by atoms with Crippen molar-refractivity contribution in [1.29, 1.82) is 0 Å². The summed E-state index contributed by atoms with van der Waals surface area (Å²) in [5.41, 5.74) is 13.9. The van der Waals surface area contributed by atoms with Crippen molar-refractivity contribution in [3.05, 3.63) is 78.8 Å². The van der Waals surface area contributed by atoms with E-state index >= 15 is 0 Å². The molecule has 2 heterocycles. The Morgan fingerprint density at radius 1 is 1.15 bits per heavy atom. The fraction of sp³-hybridized carbons (Fsp3) is 0.273. The molecule has 1 fully saturated rings. The smallest absolute Gasteiger partial charge is 0.286 e. The van der Waals surface area contributed by atoms with Gasteiger partial charge in [-0.1, -0.05) is 50.7 Å². The summed E-state index contributed by atoms with van der Waals surface area (Å²) in [4.78, 5) is 20.9. The van der Waals surface area contributed by atoms with Crippen LogP contribution in [-0.2, 0) is 6.54 Å². The number of azide groups is 1. The summed E-state index contributed by atoms with van der Waals surface area (Å²) in [6, 6.07) is 12.6. The zero-order valence-electron chi connectivity index (χ0n) is 17.5. The number of amides is 1. The largest absolute Gasteiger partial charge is 0.296 e. The van der Waals surface area contributed by atoms with Crippen molar-refractivity contribution in [2.45, 2.75) is 25.8 Å². The van der Waals surface area contributed by atoms with Gasteiger partial charge in [0, 0.05) is 38.7 Å². The van der Waals surface area contributed by atoms with Crippen LogP contribution in [0.4, 0.5) is 0 Å². The summed E-state index contributed by atoms with van der Waals surface area (Å²) in [5.74, 6) is 0.0909. The summed E-state index contributed by atoms with van der Waals surface area (Å²) in [5, 5.41) is 6.52. The molecule has 1 N–H and O–H groups in total. The van der Waals surface area contributed by atoms with Crippen LogP contribution in [0.5, 0.6) is 0 Å². The van der Waals surface area contributed by atoms with Gasteiger partial charge in [0.25, 0.3) is 5.91 Å². The van der Waals surface area contributed by atoms with Crippen LogP contribution in [-0.4, -0.2) is 33.6 Å². The molecular formula is C22H20BrCl2N7O. The Hall–Kier alpha value is -2.55. The molecule has 1 aromatic heterocycles. The first-order valence-corrected chi connectivity index (χ1v) is 11.9. The number of hydrazine groups is 1. The highest BCUT2D eigenvalue weighted by molar-refractivity contribution is 9.10. The van der Waals surface area contributed by atoms with E-state index in [1.807, 2.05) is 29.3 Å². The fourth-order valence-corrected chi connectivity index (χ4v) is 4.56. The van der Waals surface area contributed by atoms with E-state index in [0.29, 0.717) is 27.1 Å². The highest BCUT2D eigenvalue weighted by Crippen LogP contribution is 2.34. The quantitative estimate of drug-likeness (QED) is 0.215. The van der Waals surface area contributed by atoms with E-state index in [9.17, 15) is 4.79 Å². The molecule has 0 atom stereocenters. The lowest BCUT2D eigenvalue weighted by molar-refractivity contribution is 0.0744. The van der Waals surface area contributed by atoms with Gasteiger partial charge in [-0.25, -0.2) is 9.99 Å². The van der Waals surface area contributed by atoms with E-state index < -0.39 is 0 Å². The Kier molecular flexibility index (Phi) is 7.57. The van der Waals surface area contributed by atoms with Crippen molar-refractivity contribution < 1.29 is 4.79 Å². The van der Waals surface area contributed by atoms with E-state index in [2.05, 4.69) is 36.4 Å². The number of carbonyl (C=O) groups is 1. The molecule has 0 unspecified atom stereocenters. The van der Waals surface area contributed by atoms with Gasteiger partial charge < -0.3 is 0 Å². The number of piperidine rings is 1. The average molecular weight is 549 g/mol. The Morgan fingerprint density at radius 3 is 2.55 bits per heavy atom. The normalized spacial score (nSPS) is 14.0. The Labute approximate surface area is 209 Å². The van der Waals surface area contributed by atoms with Gasteiger partial charge >= 0.3 is 0 Å². The summed E-state index contributed by atoms with van der Waals surface area (Å²) in [6.07, 6.45) is 3.18. The topological polar surface area (TPSA) is 98.9 Å². The number of hydrogen-bond acceptors (Lipinski definition) is 4. The zero-order valence-corrected chi connectivity index (χ0v) is 20.6. The zero-order chi connectivity index (χ0) is 23.4. The first-order valence-electron chi connectivity index (χ1n) is 10.4. The van der Waals surface area contributed by atoms with Crippen LogP contribution in [0.1, 0.15) is 35.4 Å². The van der Waals surface area contributed by atoms with Gasteiger partial charge in [0.05, 0.1) is 17.3 Å². The van der Waals surface area contributed by atoms with E-state index in [-0.39, 0.29) is 18.1 Å². The minimum Gasteiger partial charge on any atom is -0.296 e. The SMILES string of the molecule is [N-]=[N+]=NCc1c(C(=O)NN2CCCCC2)nc(-c2ccc(Cl)cc2Cl)n1-c1ccc(Br)cc1. The highest BCUT2D eigenvalue weighted by atomic mass is 79.9. The molecule has 0 saturated carbocycles. The summed E-state index contributed by atoms with van der Waals surface area (Å²) in [6.45, 7) is 1.49. The molecule has 11 heteroatoms. The first kappa shape index (κ1) is 23.6. The molecule has 0 radical (unpaired) electrons. The van der Waals surface area contributed by atoms with Gasteiger partial charge in [0.15, 0.2) is 5.69 Å². The van der Waals surface area contributed by atoms with Crippen molar-refractivity contribution in [3.63, 3.8) is 0 Å². The number of imidazole rings is 1. The number of rotatable bonds is 6. The molecular weight excluding hydrogens is 529 g/mol. The lowest BCUT2D eigenvalue weighted by atomic mass is 10.2. The van der Waals surface area contributed by atoms with E-state index in [4.69, 9.17) is 28.7 Å². The van der Waals surface area contributed by atoms with Crippen molar-refractivity contribution >= 4 is 45.0 Å². The third kappa shape index (κ3) is 5.34. The molecule has 0 spiro atoms. The third-order valence-corrected chi connectivity index (χ3v) is 6.42. The van der Waals surface area contributed by atoms with Crippen LogP contribution in [0.15, 0.2) is 52.1 Å². The van der Waals surface area contributed by atoms with Crippen LogP contribution in [0.2, 0.25) is 10.0 Å². The van der Waals surface area contributed by atoms with Crippen molar-refractivity contribution in [3.8, 4) is 17.1 Å². The molecule has 3 aromatic rings. The van der Waals surface area contributed by atoms with Crippen molar-refractivity contribution in [2.75, 3.05) is 13.1 Å². The van der Waals surface area contributed by atoms with Gasteiger partial charge in [-0.05, 0) is 60.8 Å². The predicted octanol–water partition coefficient (Wildman–Crippen LogP) is 6.55. The Morgan fingerprint density at radius 2 is 1.88 bits per heavy atom. The summed E-state index contributed by atoms with van der Waals surface area (Å²) >= 11 is 16.1. The highest BCUT2D eigenvalue weighted by Gasteiger charge is 2.26. The van der Waals surface area contributed by atoms with Crippen LogP contribution in [0, 0.1) is 0 Å². The molecule has 1 saturated heterocycles. The number of nitrogens with one attached hydrogen (secondary N) is 1. The van der Waals surface area contributed by atoms with Crippen molar-refractivity contribution in [2.24, 2.45) is 5.11 Å². The van der Waals surface area contributed by atoms with E-state index in [1.165, 1.54) is 0 Å². The standard InChI is InChI=1S/C22H20BrCl2N7O/c23-14-4-7-16(8-5-14)32-19(13-27-30-26)20(22(33)29-31-10-2-1-3-11-31)28-21(32)17-9-6-15(24)12-18(17)25/h4-9,12H,1-3,10-11,13H2,(H,29,33). The molecule has 1 aliphatic heterocycles. The lowest BCUT2D eigenvalue weighted by Crippen LogP contribution is -2.45. The third-order valence-electron chi connectivity index (χ3n) is 5.34. The second-order valence-corrected chi connectivity index (χ2v) is 9.30. The van der Waals surface area contributed by atoms with Gasteiger partial charge in [-0.15, -0.1) is 0 Å². The minimum atomic E-state index is -0.359. The maximum atomic E-state index is 13.3. The maximum Gasteiger partial charge on any atom is 0.286 e. The molecule has 1 aliphatic rings. The second-order valence-electron chi connectivity index (χ2n) is 7.54. The molecule has 0 aliphatic carbocycles. The predicted molar refractivity (Wildman–Crippen MR) is 132 cm³/mol. The minimum absolute atomic E-state index is 0.0620. The van der Waals surface area contributed by atoms with Crippen LogP contribution < -0.4 is 5.43 Å². The number of nitrogens with zero attached hydrogens (tertiary/aromatic N) is 6. The molecule has 8 nitrogen and oxygen atoms in total. The second kappa shape index (κ2) is 10.6. The van der Waals surface area contributed by atoms with Crippen LogP contribution >= 0.6 is 39.1 Å². The summed E-state index contributed by atoms with van der Waals surface area (Å²) in [7, 11) is 0. The van der Waals surface area contributed by atoms with Gasteiger partial charge in [-0.2, -0.15) is 0 Å². The molecule has 33 heavy (non-hydrogen) atoms. The number of hydrogen-bond donors (Lipinski definition) is 1. The average Bonchev–Trinajstić information content (AvgIpc) is 3.18. The molecule has 4 rings (SSSR count). The van der Waals surface area contributed by atoms with E-state index in [1.54, 1.807) is 22.8 Å². The van der Waals surface area contributed by atoms with Crippen LogP contribution in [0.25, 0.3) is 27.5 Å². The van der Waals surface area contributed by atoms with Crippen molar-refractivity contribution in [1.82, 2.24) is 20.0 Å². The summed E-state index contributed by atoms with van der Waals surface area (Å²) < 4.78 is 2.69. The molecule has 170 valence electrons. The fourth-order valence-electron chi connectivity index (χ4n) is 3.80. The van der Waals surface area contributed by atoms with E-state index in [0.717, 1.165) is 42.5 Å². The Balaban J connectivity index is 1.89. The van der Waals surface area contributed by atoms with Gasteiger partial charge in [0.1, 0.15) is 5.82 Å². The first-order chi connectivity index (χ1) is 16.0.